The second kappa shape index (κ2) is 7.67. The fourth-order valence-corrected chi connectivity index (χ4v) is 4.32. The van der Waals surface area contributed by atoms with Crippen LogP contribution in [0, 0.1) is 0 Å². The minimum absolute atomic E-state index is 0.0214. The van der Waals surface area contributed by atoms with Crippen LogP contribution in [-0.2, 0) is 24.1 Å². The summed E-state index contributed by atoms with van der Waals surface area (Å²) in [6.07, 6.45) is 4.53. The van der Waals surface area contributed by atoms with Crippen LogP contribution in [0.5, 0.6) is 5.75 Å². The molecule has 2 aromatic carbocycles. The maximum Gasteiger partial charge on any atom is 0.307 e. The van der Waals surface area contributed by atoms with E-state index in [1.54, 1.807) is 25.4 Å². The van der Waals surface area contributed by atoms with Crippen LogP contribution in [0.15, 0.2) is 42.6 Å². The van der Waals surface area contributed by atoms with Crippen molar-refractivity contribution in [1.29, 1.82) is 0 Å². The van der Waals surface area contributed by atoms with Crippen molar-refractivity contribution in [3.05, 3.63) is 64.4 Å². The van der Waals surface area contributed by atoms with Gasteiger partial charge in [0.1, 0.15) is 5.75 Å². The molecule has 2 heterocycles. The van der Waals surface area contributed by atoms with Crippen LogP contribution in [-0.4, -0.2) is 37.9 Å². The molecule has 0 fully saturated rings. The van der Waals surface area contributed by atoms with E-state index in [1.165, 1.54) is 0 Å². The first-order valence-corrected chi connectivity index (χ1v) is 10.3. The number of fused-ring (bicyclic) bond motifs is 2. The highest BCUT2D eigenvalue weighted by atomic mass is 35.5. The number of aromatic nitrogens is 4. The lowest BCUT2D eigenvalue weighted by atomic mass is 10.1. The lowest BCUT2D eigenvalue weighted by Gasteiger charge is -2.12. The van der Waals surface area contributed by atoms with Crippen LogP contribution in [0.1, 0.15) is 23.2 Å². The Hall–Kier alpha value is -3.45. The SMILES string of the molecule is COc1ccc(-c2nc3c(c(-n4ncc5cc(CC(=O)O)ccc54)n2)CCC3)cc1Cl. The maximum atomic E-state index is 11.0. The summed E-state index contributed by atoms with van der Waals surface area (Å²) in [4.78, 5) is 20.7. The molecule has 0 radical (unpaired) electrons. The van der Waals surface area contributed by atoms with E-state index >= 15 is 0 Å². The van der Waals surface area contributed by atoms with Crippen LogP contribution >= 0.6 is 11.6 Å². The van der Waals surface area contributed by atoms with Gasteiger partial charge >= 0.3 is 5.97 Å². The summed E-state index contributed by atoms with van der Waals surface area (Å²) in [7, 11) is 1.58. The molecule has 31 heavy (non-hydrogen) atoms. The molecule has 1 aliphatic rings. The lowest BCUT2D eigenvalue weighted by molar-refractivity contribution is -0.136. The van der Waals surface area contributed by atoms with Gasteiger partial charge in [0.05, 0.1) is 30.3 Å². The van der Waals surface area contributed by atoms with Crippen molar-refractivity contribution in [2.24, 2.45) is 0 Å². The van der Waals surface area contributed by atoms with Gasteiger partial charge < -0.3 is 9.84 Å². The highest BCUT2D eigenvalue weighted by molar-refractivity contribution is 6.32. The molecule has 2 aromatic heterocycles. The topological polar surface area (TPSA) is 90.1 Å². The number of ether oxygens (including phenoxy) is 1. The van der Waals surface area contributed by atoms with Gasteiger partial charge in [-0.15, -0.1) is 0 Å². The Morgan fingerprint density at radius 3 is 2.84 bits per heavy atom. The Bertz CT molecular complexity index is 1330. The Morgan fingerprint density at radius 2 is 2.06 bits per heavy atom. The fraction of sp³-hybridized carbons (Fsp3) is 0.217. The number of rotatable bonds is 5. The molecule has 156 valence electrons. The summed E-state index contributed by atoms with van der Waals surface area (Å²) in [5.74, 6) is 1.09. The van der Waals surface area contributed by atoms with E-state index in [2.05, 4.69) is 5.10 Å². The first-order chi connectivity index (χ1) is 15.0. The van der Waals surface area contributed by atoms with Gasteiger partial charge in [-0.05, 0) is 55.2 Å². The molecule has 0 saturated heterocycles. The fourth-order valence-electron chi connectivity index (χ4n) is 4.06. The molecule has 0 bridgehead atoms. The highest BCUT2D eigenvalue weighted by Gasteiger charge is 2.23. The second-order valence-electron chi connectivity index (χ2n) is 7.52. The van der Waals surface area contributed by atoms with Crippen molar-refractivity contribution >= 4 is 28.5 Å². The van der Waals surface area contributed by atoms with Crippen LogP contribution < -0.4 is 4.74 Å². The zero-order valence-corrected chi connectivity index (χ0v) is 17.6. The molecule has 5 rings (SSSR count). The zero-order valence-electron chi connectivity index (χ0n) is 16.8. The molecular weight excluding hydrogens is 416 g/mol. The van der Waals surface area contributed by atoms with Crippen molar-refractivity contribution < 1.29 is 14.6 Å². The first kappa shape index (κ1) is 19.5. The molecule has 0 amide bonds. The summed E-state index contributed by atoms with van der Waals surface area (Å²) in [6, 6.07) is 11.1. The molecule has 4 aromatic rings. The van der Waals surface area contributed by atoms with Crippen LogP contribution in [0.2, 0.25) is 5.02 Å². The Kier molecular flexibility index (Phi) is 4.82. The van der Waals surface area contributed by atoms with Crippen molar-refractivity contribution in [3.63, 3.8) is 0 Å². The Labute approximate surface area is 183 Å². The van der Waals surface area contributed by atoms with E-state index < -0.39 is 5.97 Å². The first-order valence-electron chi connectivity index (χ1n) is 9.96. The number of halogens is 1. The number of hydrogen-bond acceptors (Lipinski definition) is 5. The van der Waals surface area contributed by atoms with Gasteiger partial charge in [0.15, 0.2) is 11.6 Å². The third kappa shape index (κ3) is 3.51. The third-order valence-electron chi connectivity index (χ3n) is 5.51. The number of methoxy groups -OCH3 is 1. The van der Waals surface area contributed by atoms with Crippen LogP contribution in [0.4, 0.5) is 0 Å². The van der Waals surface area contributed by atoms with Crippen molar-refractivity contribution in [1.82, 2.24) is 19.7 Å². The molecule has 7 nitrogen and oxygen atoms in total. The zero-order chi connectivity index (χ0) is 21.5. The smallest absolute Gasteiger partial charge is 0.307 e. The molecular formula is C23H19ClN4O3. The van der Waals surface area contributed by atoms with Crippen molar-refractivity contribution in [2.45, 2.75) is 25.7 Å². The van der Waals surface area contributed by atoms with Gasteiger partial charge in [0, 0.05) is 22.2 Å². The number of carbonyl (C=O) groups is 1. The van der Waals surface area contributed by atoms with Gasteiger partial charge in [-0.2, -0.15) is 5.10 Å². The van der Waals surface area contributed by atoms with Crippen LogP contribution in [0.25, 0.3) is 28.1 Å². The van der Waals surface area contributed by atoms with E-state index in [4.69, 9.17) is 31.4 Å². The number of aryl methyl sites for hydroxylation is 1. The summed E-state index contributed by atoms with van der Waals surface area (Å²) >= 11 is 6.33. The Balaban J connectivity index is 1.64. The number of aliphatic carboxylic acids is 1. The summed E-state index contributed by atoms with van der Waals surface area (Å²) < 4.78 is 7.07. The van der Waals surface area contributed by atoms with E-state index in [1.807, 2.05) is 28.9 Å². The number of carboxylic acid groups (broad SMARTS) is 1. The highest BCUT2D eigenvalue weighted by Crippen LogP contribution is 2.33. The van der Waals surface area contributed by atoms with E-state index in [9.17, 15) is 4.79 Å². The summed E-state index contributed by atoms with van der Waals surface area (Å²) in [5.41, 5.74) is 4.55. The van der Waals surface area contributed by atoms with Gasteiger partial charge in [-0.25, -0.2) is 14.6 Å². The number of carboxylic acids is 1. The van der Waals surface area contributed by atoms with Crippen LogP contribution in [0.3, 0.4) is 0 Å². The van der Waals surface area contributed by atoms with Gasteiger partial charge in [-0.1, -0.05) is 17.7 Å². The monoisotopic (exact) mass is 434 g/mol. The van der Waals surface area contributed by atoms with Crippen molar-refractivity contribution in [3.8, 4) is 23.0 Å². The average molecular weight is 435 g/mol. The standard InChI is InChI=1S/C23H19ClN4O3/c1-31-20-8-6-14(11-17(20)24)22-26-18-4-2-3-16(18)23(27-22)28-19-7-5-13(10-21(29)30)9-15(19)12-25-28/h5-9,11-12H,2-4,10H2,1H3,(H,29,30). The largest absolute Gasteiger partial charge is 0.495 e. The van der Waals surface area contributed by atoms with Crippen molar-refractivity contribution in [2.75, 3.05) is 7.11 Å². The van der Waals surface area contributed by atoms with E-state index in [0.29, 0.717) is 16.6 Å². The minimum Gasteiger partial charge on any atom is -0.495 e. The molecule has 0 aliphatic heterocycles. The predicted octanol–water partition coefficient (Wildman–Crippen LogP) is 4.26. The van der Waals surface area contributed by atoms with E-state index in [-0.39, 0.29) is 6.42 Å². The Morgan fingerprint density at radius 1 is 1.19 bits per heavy atom. The van der Waals surface area contributed by atoms with E-state index in [0.717, 1.165) is 58.4 Å². The molecule has 0 spiro atoms. The molecule has 1 N–H and O–H groups in total. The quantitative estimate of drug-likeness (QED) is 0.504. The number of nitrogens with zero attached hydrogens (tertiary/aromatic N) is 4. The number of hydrogen-bond donors (Lipinski definition) is 1. The van der Waals surface area contributed by atoms with Gasteiger partial charge in [0.25, 0.3) is 0 Å². The maximum absolute atomic E-state index is 11.0. The number of benzene rings is 2. The summed E-state index contributed by atoms with van der Waals surface area (Å²) in [6.45, 7) is 0. The molecule has 1 aliphatic carbocycles. The lowest BCUT2D eigenvalue weighted by Crippen LogP contribution is -2.08. The summed E-state index contributed by atoms with van der Waals surface area (Å²) in [5, 5.41) is 15.0. The van der Waals surface area contributed by atoms with Gasteiger partial charge in [-0.3, -0.25) is 4.79 Å². The minimum atomic E-state index is -0.858. The van der Waals surface area contributed by atoms with Gasteiger partial charge in [0.2, 0.25) is 0 Å². The third-order valence-corrected chi connectivity index (χ3v) is 5.81. The molecule has 0 unspecified atom stereocenters. The average Bonchev–Trinajstić information content (AvgIpc) is 3.39. The normalized spacial score (nSPS) is 12.8. The molecule has 8 heteroatoms. The second-order valence-corrected chi connectivity index (χ2v) is 7.93. The molecule has 0 saturated carbocycles. The predicted molar refractivity (Wildman–Crippen MR) is 117 cm³/mol. The molecule has 0 atom stereocenters.